The monoisotopic (exact) mass is 287 g/mol. The molecule has 1 aliphatic carbocycles. The van der Waals surface area contributed by atoms with Gasteiger partial charge in [-0.25, -0.2) is 8.78 Å². The third kappa shape index (κ3) is 3.13. The molecule has 3 heteroatoms. The molecule has 1 N–H and O–H groups in total. The smallest absolute Gasteiger partial charge is 0.127 e. The van der Waals surface area contributed by atoms with Crippen molar-refractivity contribution in [1.82, 2.24) is 5.32 Å². The number of hydrogen-bond donors (Lipinski definition) is 1. The Kier molecular flexibility index (Phi) is 4.02. The topological polar surface area (TPSA) is 12.0 Å². The van der Waals surface area contributed by atoms with Crippen molar-refractivity contribution in [2.45, 2.75) is 37.8 Å². The van der Waals surface area contributed by atoms with Crippen molar-refractivity contribution in [3.05, 3.63) is 71.3 Å². The van der Waals surface area contributed by atoms with Crippen LogP contribution in [-0.4, -0.2) is 6.04 Å². The lowest BCUT2D eigenvalue weighted by Crippen LogP contribution is -2.41. The summed E-state index contributed by atoms with van der Waals surface area (Å²) in [5, 5.41) is 3.45. The van der Waals surface area contributed by atoms with Crippen LogP contribution in [0.5, 0.6) is 0 Å². The Morgan fingerprint density at radius 3 is 2.52 bits per heavy atom. The van der Waals surface area contributed by atoms with Gasteiger partial charge in [-0.1, -0.05) is 30.3 Å². The van der Waals surface area contributed by atoms with E-state index in [1.807, 2.05) is 25.1 Å². The summed E-state index contributed by atoms with van der Waals surface area (Å²) in [4.78, 5) is 0. The summed E-state index contributed by atoms with van der Waals surface area (Å²) in [6, 6.07) is 14.0. The van der Waals surface area contributed by atoms with Crippen molar-refractivity contribution >= 4 is 0 Å². The summed E-state index contributed by atoms with van der Waals surface area (Å²) < 4.78 is 26.9. The van der Waals surface area contributed by atoms with Gasteiger partial charge in [-0.15, -0.1) is 0 Å². The van der Waals surface area contributed by atoms with Crippen LogP contribution < -0.4 is 5.32 Å². The summed E-state index contributed by atoms with van der Waals surface area (Å²) in [6.07, 6.45) is 1.95. The largest absolute Gasteiger partial charge is 0.307 e. The van der Waals surface area contributed by atoms with Crippen LogP contribution in [-0.2, 0) is 0 Å². The average molecular weight is 287 g/mol. The first kappa shape index (κ1) is 14.2. The van der Waals surface area contributed by atoms with Gasteiger partial charge in [0.25, 0.3) is 0 Å². The Morgan fingerprint density at radius 1 is 1.05 bits per heavy atom. The number of benzene rings is 2. The molecule has 3 rings (SSSR count). The van der Waals surface area contributed by atoms with Gasteiger partial charge in [0.15, 0.2) is 0 Å². The lowest BCUT2D eigenvalue weighted by molar-refractivity contribution is 0.268. The zero-order valence-corrected chi connectivity index (χ0v) is 12.0. The molecule has 0 spiro atoms. The fourth-order valence-electron chi connectivity index (χ4n) is 3.06. The van der Waals surface area contributed by atoms with Crippen LogP contribution in [0.3, 0.4) is 0 Å². The normalized spacial score (nSPS) is 22.6. The summed E-state index contributed by atoms with van der Waals surface area (Å²) in [6.45, 7) is 1.98. The van der Waals surface area contributed by atoms with Crippen LogP contribution in [0.25, 0.3) is 0 Å². The average Bonchev–Trinajstić information content (AvgIpc) is 2.42. The summed E-state index contributed by atoms with van der Waals surface area (Å²) in [5.41, 5.74) is 1.76. The maximum absolute atomic E-state index is 13.7. The standard InChI is InChI=1S/C18H19F2N/c1-12(17-7-2-3-8-18(17)20)21-16-10-14(11-16)13-5-4-6-15(19)9-13/h2-9,12,14,16,21H,10-11H2,1H3. The van der Waals surface area contributed by atoms with Crippen LogP contribution in [0.2, 0.25) is 0 Å². The van der Waals surface area contributed by atoms with E-state index in [-0.39, 0.29) is 17.7 Å². The predicted octanol–water partition coefficient (Wildman–Crippen LogP) is 4.56. The Hall–Kier alpha value is -1.74. The molecule has 1 aliphatic rings. The van der Waals surface area contributed by atoms with Gasteiger partial charge in [-0.3, -0.25) is 0 Å². The van der Waals surface area contributed by atoms with E-state index in [4.69, 9.17) is 0 Å². The molecule has 110 valence electrons. The van der Waals surface area contributed by atoms with Crippen molar-refractivity contribution in [2.24, 2.45) is 0 Å². The number of rotatable bonds is 4. The van der Waals surface area contributed by atoms with Gasteiger partial charge in [-0.05, 0) is 49.4 Å². The van der Waals surface area contributed by atoms with E-state index in [2.05, 4.69) is 5.32 Å². The zero-order valence-electron chi connectivity index (χ0n) is 12.0. The SMILES string of the molecule is CC(NC1CC(c2cccc(F)c2)C1)c1ccccc1F. The van der Waals surface area contributed by atoms with Crippen LogP contribution >= 0.6 is 0 Å². The van der Waals surface area contributed by atoms with E-state index in [0.29, 0.717) is 17.5 Å². The quantitative estimate of drug-likeness (QED) is 0.869. The second-order valence-electron chi connectivity index (χ2n) is 5.83. The minimum atomic E-state index is -0.177. The molecule has 0 aliphatic heterocycles. The van der Waals surface area contributed by atoms with Crippen LogP contribution in [0.15, 0.2) is 48.5 Å². The molecule has 0 radical (unpaired) electrons. The van der Waals surface area contributed by atoms with Crippen LogP contribution in [0, 0.1) is 11.6 Å². The summed E-state index contributed by atoms with van der Waals surface area (Å²) in [5.74, 6) is 0.0631. The van der Waals surface area contributed by atoms with Gasteiger partial charge in [0.1, 0.15) is 11.6 Å². The second-order valence-corrected chi connectivity index (χ2v) is 5.83. The Bertz CT molecular complexity index is 620. The molecule has 0 bridgehead atoms. The Labute approximate surface area is 124 Å². The van der Waals surface area contributed by atoms with Crippen molar-refractivity contribution in [2.75, 3.05) is 0 Å². The van der Waals surface area contributed by atoms with Gasteiger partial charge in [0.05, 0.1) is 0 Å². The molecule has 1 atom stereocenters. The van der Waals surface area contributed by atoms with Gasteiger partial charge >= 0.3 is 0 Å². The van der Waals surface area contributed by atoms with E-state index in [9.17, 15) is 8.78 Å². The van der Waals surface area contributed by atoms with E-state index >= 15 is 0 Å². The van der Waals surface area contributed by atoms with Crippen molar-refractivity contribution in [1.29, 1.82) is 0 Å². The molecule has 2 aromatic carbocycles. The highest BCUT2D eigenvalue weighted by Gasteiger charge is 2.31. The fraction of sp³-hybridized carbons (Fsp3) is 0.333. The molecule has 0 aromatic heterocycles. The maximum Gasteiger partial charge on any atom is 0.127 e. The molecule has 0 amide bonds. The molecular formula is C18H19F2N. The third-order valence-electron chi connectivity index (χ3n) is 4.32. The molecule has 21 heavy (non-hydrogen) atoms. The lowest BCUT2D eigenvalue weighted by Gasteiger charge is -2.38. The highest BCUT2D eigenvalue weighted by atomic mass is 19.1. The van der Waals surface area contributed by atoms with Gasteiger partial charge < -0.3 is 5.32 Å². The third-order valence-corrected chi connectivity index (χ3v) is 4.32. The van der Waals surface area contributed by atoms with Crippen LogP contribution in [0.1, 0.15) is 42.9 Å². The van der Waals surface area contributed by atoms with E-state index < -0.39 is 0 Å². The minimum Gasteiger partial charge on any atom is -0.307 e. The summed E-state index contributed by atoms with van der Waals surface area (Å²) >= 11 is 0. The van der Waals surface area contributed by atoms with E-state index in [0.717, 1.165) is 18.4 Å². The molecule has 1 fully saturated rings. The highest BCUT2D eigenvalue weighted by Crippen LogP contribution is 2.38. The molecule has 1 nitrogen and oxygen atoms in total. The number of nitrogens with one attached hydrogen (secondary N) is 1. The summed E-state index contributed by atoms with van der Waals surface area (Å²) in [7, 11) is 0. The molecule has 0 saturated heterocycles. The number of hydrogen-bond acceptors (Lipinski definition) is 1. The van der Waals surface area contributed by atoms with Gasteiger partial charge in [0, 0.05) is 17.6 Å². The van der Waals surface area contributed by atoms with E-state index in [1.54, 1.807) is 18.2 Å². The first-order valence-corrected chi connectivity index (χ1v) is 7.39. The molecular weight excluding hydrogens is 268 g/mol. The Balaban J connectivity index is 1.56. The minimum absolute atomic E-state index is 0.00957. The van der Waals surface area contributed by atoms with E-state index in [1.165, 1.54) is 12.1 Å². The van der Waals surface area contributed by atoms with Crippen molar-refractivity contribution < 1.29 is 8.78 Å². The second kappa shape index (κ2) is 5.94. The van der Waals surface area contributed by atoms with Gasteiger partial charge in [0.2, 0.25) is 0 Å². The zero-order chi connectivity index (χ0) is 14.8. The Morgan fingerprint density at radius 2 is 1.81 bits per heavy atom. The van der Waals surface area contributed by atoms with Crippen molar-refractivity contribution in [3.63, 3.8) is 0 Å². The maximum atomic E-state index is 13.7. The lowest BCUT2D eigenvalue weighted by atomic mass is 9.75. The fourth-order valence-corrected chi connectivity index (χ4v) is 3.06. The number of halogens is 2. The predicted molar refractivity (Wildman–Crippen MR) is 80.1 cm³/mol. The highest BCUT2D eigenvalue weighted by molar-refractivity contribution is 5.25. The molecule has 1 saturated carbocycles. The van der Waals surface area contributed by atoms with Crippen molar-refractivity contribution in [3.8, 4) is 0 Å². The van der Waals surface area contributed by atoms with Crippen LogP contribution in [0.4, 0.5) is 8.78 Å². The molecule has 1 unspecified atom stereocenters. The molecule has 0 heterocycles. The van der Waals surface area contributed by atoms with Gasteiger partial charge in [-0.2, -0.15) is 0 Å². The first-order valence-electron chi connectivity index (χ1n) is 7.39. The molecule has 2 aromatic rings. The first-order chi connectivity index (χ1) is 10.1.